The Balaban J connectivity index is 1.77. The van der Waals surface area contributed by atoms with Crippen LogP contribution in [-0.4, -0.2) is 47.1 Å². The summed E-state index contributed by atoms with van der Waals surface area (Å²) in [7, 11) is 0. The smallest absolute Gasteiger partial charge is 0.410 e. The zero-order valence-corrected chi connectivity index (χ0v) is 20.5. The van der Waals surface area contributed by atoms with Crippen LogP contribution < -0.4 is 0 Å². The number of aliphatic hydroxyl groups excluding tert-OH is 1. The van der Waals surface area contributed by atoms with Crippen molar-refractivity contribution in [1.82, 2.24) is 4.90 Å². The highest BCUT2D eigenvalue weighted by molar-refractivity contribution is 8.01. The number of amides is 1. The second kappa shape index (κ2) is 11.9. The molecule has 0 aromatic heterocycles. The summed E-state index contributed by atoms with van der Waals surface area (Å²) in [5.41, 5.74) is 3.58. The fourth-order valence-electron chi connectivity index (χ4n) is 4.71. The number of ether oxygens (including phenoxy) is 1. The Morgan fingerprint density at radius 3 is 1.94 bits per heavy atom. The van der Waals surface area contributed by atoms with Gasteiger partial charge in [-0.3, -0.25) is 0 Å². The summed E-state index contributed by atoms with van der Waals surface area (Å²) >= 11 is 1.88. The quantitative estimate of drug-likeness (QED) is 0.297. The van der Waals surface area contributed by atoms with Gasteiger partial charge in [-0.05, 0) is 23.1 Å². The molecule has 0 aliphatic carbocycles. The summed E-state index contributed by atoms with van der Waals surface area (Å²) in [5.74, 6) is 0. The van der Waals surface area contributed by atoms with Crippen molar-refractivity contribution in [3.63, 3.8) is 0 Å². The zero-order valence-electron chi connectivity index (χ0n) is 19.7. The predicted molar refractivity (Wildman–Crippen MR) is 143 cm³/mol. The number of benzene rings is 3. The number of rotatable bonds is 9. The summed E-state index contributed by atoms with van der Waals surface area (Å²) in [6, 6.07) is 31.5. The van der Waals surface area contributed by atoms with Crippen molar-refractivity contribution in [1.29, 1.82) is 0 Å². The standard InChI is InChI=1S/C30H31NO3S/c1-2-21-34-29(33)31-23-28(22-27(31)19-12-20-32)35-30(24-13-6-3-7-14-24,25-15-8-4-9-16-25)26-17-10-5-11-18-26/h2-19,27-28,32H,1,20-23H2/b19-12+/t27-,28+/m1/s1. The molecule has 4 rings (SSSR count). The molecule has 2 atom stereocenters. The van der Waals surface area contributed by atoms with Crippen molar-refractivity contribution in [2.75, 3.05) is 19.8 Å². The van der Waals surface area contributed by atoms with Gasteiger partial charge < -0.3 is 14.7 Å². The minimum Gasteiger partial charge on any atom is -0.445 e. The van der Waals surface area contributed by atoms with Gasteiger partial charge in [-0.25, -0.2) is 4.79 Å². The van der Waals surface area contributed by atoms with Gasteiger partial charge in [-0.15, -0.1) is 11.8 Å². The fourth-order valence-corrected chi connectivity index (χ4v) is 6.55. The summed E-state index contributed by atoms with van der Waals surface area (Å²) in [6.45, 7) is 4.30. The molecule has 3 aromatic rings. The first kappa shape index (κ1) is 24.8. The molecule has 1 heterocycles. The largest absolute Gasteiger partial charge is 0.445 e. The Kier molecular flexibility index (Phi) is 8.45. The molecule has 1 aliphatic rings. The molecular weight excluding hydrogens is 454 g/mol. The SMILES string of the molecule is C=CCOC(=O)N1C[C@@H](SC(c2ccccc2)(c2ccccc2)c2ccccc2)C[C@H]1/C=C/CO. The number of likely N-dealkylation sites (tertiary alicyclic amines) is 1. The molecule has 35 heavy (non-hydrogen) atoms. The molecule has 0 bridgehead atoms. The van der Waals surface area contributed by atoms with Crippen LogP contribution in [0.2, 0.25) is 0 Å². The van der Waals surface area contributed by atoms with Crippen LogP contribution in [0.4, 0.5) is 4.79 Å². The molecule has 1 fully saturated rings. The Morgan fingerprint density at radius 2 is 1.49 bits per heavy atom. The second-order valence-electron chi connectivity index (χ2n) is 8.45. The summed E-state index contributed by atoms with van der Waals surface area (Å²) in [4.78, 5) is 14.6. The van der Waals surface area contributed by atoms with E-state index < -0.39 is 4.75 Å². The van der Waals surface area contributed by atoms with Crippen molar-refractivity contribution < 1.29 is 14.6 Å². The third-order valence-corrected chi connectivity index (χ3v) is 7.95. The fraction of sp³-hybridized carbons (Fsp3) is 0.233. The molecule has 1 aliphatic heterocycles. The lowest BCUT2D eigenvalue weighted by Crippen LogP contribution is -2.36. The highest BCUT2D eigenvalue weighted by atomic mass is 32.2. The third-order valence-electron chi connectivity index (χ3n) is 6.21. The number of aliphatic hydroxyl groups is 1. The van der Waals surface area contributed by atoms with E-state index in [0.29, 0.717) is 6.54 Å². The summed E-state index contributed by atoms with van der Waals surface area (Å²) in [6.07, 6.45) is 5.59. The van der Waals surface area contributed by atoms with E-state index in [1.807, 2.05) is 36.0 Å². The summed E-state index contributed by atoms with van der Waals surface area (Å²) < 4.78 is 4.92. The van der Waals surface area contributed by atoms with Gasteiger partial charge >= 0.3 is 6.09 Å². The van der Waals surface area contributed by atoms with Crippen LogP contribution in [0.15, 0.2) is 116 Å². The first-order valence-corrected chi connectivity index (χ1v) is 12.7. The van der Waals surface area contributed by atoms with Crippen LogP contribution in [0, 0.1) is 0 Å². The first-order chi connectivity index (χ1) is 17.2. The van der Waals surface area contributed by atoms with Crippen molar-refractivity contribution >= 4 is 17.9 Å². The zero-order chi connectivity index (χ0) is 24.5. The predicted octanol–water partition coefficient (Wildman–Crippen LogP) is 6.03. The second-order valence-corrected chi connectivity index (χ2v) is 9.97. The maximum atomic E-state index is 12.8. The molecule has 0 saturated carbocycles. The molecule has 3 aromatic carbocycles. The number of thioether (sulfide) groups is 1. The number of hydrogen-bond acceptors (Lipinski definition) is 4. The van der Waals surface area contributed by atoms with Gasteiger partial charge in [-0.1, -0.05) is 116 Å². The van der Waals surface area contributed by atoms with Crippen LogP contribution in [0.3, 0.4) is 0 Å². The molecule has 0 spiro atoms. The van der Waals surface area contributed by atoms with Crippen molar-refractivity contribution in [3.05, 3.63) is 132 Å². The normalized spacial score (nSPS) is 18.0. The van der Waals surface area contributed by atoms with Crippen molar-refractivity contribution in [3.8, 4) is 0 Å². The van der Waals surface area contributed by atoms with Gasteiger partial charge in [0.15, 0.2) is 0 Å². The van der Waals surface area contributed by atoms with E-state index >= 15 is 0 Å². The minimum atomic E-state index is -0.458. The van der Waals surface area contributed by atoms with Gasteiger partial charge in [0, 0.05) is 11.8 Å². The number of hydrogen-bond donors (Lipinski definition) is 1. The lowest BCUT2D eigenvalue weighted by atomic mass is 9.84. The van der Waals surface area contributed by atoms with E-state index in [2.05, 4.69) is 79.4 Å². The Labute approximate surface area is 211 Å². The maximum Gasteiger partial charge on any atom is 0.410 e. The molecule has 1 N–H and O–H groups in total. The minimum absolute atomic E-state index is 0.0637. The van der Waals surface area contributed by atoms with E-state index in [4.69, 9.17) is 4.74 Å². The molecule has 5 heteroatoms. The molecule has 4 nitrogen and oxygen atoms in total. The van der Waals surface area contributed by atoms with E-state index in [9.17, 15) is 9.90 Å². The van der Waals surface area contributed by atoms with Crippen LogP contribution >= 0.6 is 11.8 Å². The monoisotopic (exact) mass is 485 g/mol. The Morgan fingerprint density at radius 1 is 0.971 bits per heavy atom. The maximum absolute atomic E-state index is 12.8. The molecule has 1 saturated heterocycles. The highest BCUT2D eigenvalue weighted by Gasteiger charge is 2.43. The van der Waals surface area contributed by atoms with Crippen molar-refractivity contribution in [2.24, 2.45) is 0 Å². The average molecular weight is 486 g/mol. The van der Waals surface area contributed by atoms with Crippen LogP contribution in [-0.2, 0) is 9.48 Å². The van der Waals surface area contributed by atoms with E-state index in [0.717, 1.165) is 6.42 Å². The topological polar surface area (TPSA) is 49.8 Å². The number of nitrogens with zero attached hydrogens (tertiary/aromatic N) is 1. The molecule has 0 radical (unpaired) electrons. The van der Waals surface area contributed by atoms with Gasteiger partial charge in [0.25, 0.3) is 0 Å². The van der Waals surface area contributed by atoms with E-state index in [1.165, 1.54) is 16.7 Å². The van der Waals surface area contributed by atoms with Gasteiger partial charge in [0.1, 0.15) is 6.61 Å². The van der Waals surface area contributed by atoms with E-state index in [1.54, 1.807) is 17.1 Å². The highest BCUT2D eigenvalue weighted by Crippen LogP contribution is 2.52. The van der Waals surface area contributed by atoms with Gasteiger partial charge in [0.05, 0.1) is 17.4 Å². The molecule has 180 valence electrons. The Hall–Kier alpha value is -3.28. The lowest BCUT2D eigenvalue weighted by molar-refractivity contribution is 0.114. The molecular formula is C30H31NO3S. The van der Waals surface area contributed by atoms with Crippen LogP contribution in [0.1, 0.15) is 23.1 Å². The van der Waals surface area contributed by atoms with Crippen LogP contribution in [0.25, 0.3) is 0 Å². The molecule has 0 unspecified atom stereocenters. The lowest BCUT2D eigenvalue weighted by Gasteiger charge is -2.37. The average Bonchev–Trinajstić information content (AvgIpc) is 3.33. The summed E-state index contributed by atoms with van der Waals surface area (Å²) in [5, 5.41) is 9.49. The first-order valence-electron chi connectivity index (χ1n) is 11.8. The van der Waals surface area contributed by atoms with Gasteiger partial charge in [-0.2, -0.15) is 0 Å². The number of carbonyl (C=O) groups excluding carboxylic acids is 1. The molecule has 1 amide bonds. The van der Waals surface area contributed by atoms with E-state index in [-0.39, 0.29) is 30.6 Å². The van der Waals surface area contributed by atoms with Crippen LogP contribution in [0.5, 0.6) is 0 Å². The number of carbonyl (C=O) groups is 1. The third kappa shape index (κ3) is 5.53. The van der Waals surface area contributed by atoms with Crippen molar-refractivity contribution in [2.45, 2.75) is 22.5 Å². The van der Waals surface area contributed by atoms with Gasteiger partial charge in [0.2, 0.25) is 0 Å². The Bertz CT molecular complexity index is 1020.